The summed E-state index contributed by atoms with van der Waals surface area (Å²) in [6.07, 6.45) is 6.74. The lowest BCUT2D eigenvalue weighted by molar-refractivity contribution is 1.10. The van der Waals surface area contributed by atoms with Gasteiger partial charge in [0.05, 0.1) is 0 Å². The summed E-state index contributed by atoms with van der Waals surface area (Å²) in [6, 6.07) is 18.0. The number of nitrogens with zero attached hydrogens (tertiary/aromatic N) is 2. The van der Waals surface area contributed by atoms with E-state index in [9.17, 15) is 0 Å². The van der Waals surface area contributed by atoms with Crippen LogP contribution in [-0.4, -0.2) is 9.38 Å². The number of nitrogens with two attached hydrogens (primary N) is 1. The van der Waals surface area contributed by atoms with Crippen LogP contribution in [0, 0.1) is 0 Å². The molecule has 0 saturated carbocycles. The van der Waals surface area contributed by atoms with Gasteiger partial charge in [0.1, 0.15) is 5.65 Å². The highest BCUT2D eigenvalue weighted by Crippen LogP contribution is 2.28. The molecule has 2 heterocycles. The maximum absolute atomic E-state index is 6.17. The Kier molecular flexibility index (Phi) is 3.71. The van der Waals surface area contributed by atoms with Crippen molar-refractivity contribution < 1.29 is 0 Å². The first-order valence-electron chi connectivity index (χ1n) is 7.75. The summed E-state index contributed by atoms with van der Waals surface area (Å²) < 4.78 is 2.06. The molecule has 2 aromatic heterocycles. The highest BCUT2D eigenvalue weighted by Gasteiger charge is 2.09. The van der Waals surface area contributed by atoms with Gasteiger partial charge in [0.15, 0.2) is 0 Å². The molecule has 2 N–H and O–H groups in total. The lowest BCUT2D eigenvalue weighted by Gasteiger charge is -2.09. The van der Waals surface area contributed by atoms with Crippen molar-refractivity contribution in [3.63, 3.8) is 0 Å². The van der Waals surface area contributed by atoms with Gasteiger partial charge in [-0.2, -0.15) is 0 Å². The molecule has 2 aromatic carbocycles. The highest BCUT2D eigenvalue weighted by atomic mass is 35.5. The Balaban J connectivity index is 1.81. The Labute approximate surface area is 145 Å². The summed E-state index contributed by atoms with van der Waals surface area (Å²) in [7, 11) is 0. The monoisotopic (exact) mass is 333 g/mol. The van der Waals surface area contributed by atoms with Crippen molar-refractivity contribution in [2.24, 2.45) is 0 Å². The number of hydrogen-bond donors (Lipinski definition) is 1. The van der Waals surface area contributed by atoms with Gasteiger partial charge in [-0.1, -0.05) is 35.9 Å². The third kappa shape index (κ3) is 2.86. The minimum atomic E-state index is 0.723. The maximum atomic E-state index is 6.17. The lowest BCUT2D eigenvalue weighted by Crippen LogP contribution is -1.96. The van der Waals surface area contributed by atoms with E-state index in [1.807, 2.05) is 42.7 Å². The SMILES string of the molecule is Nc1ccc(Cc2cc(-c3cccc(Cl)c3)c3nccn3c2)cc1. The van der Waals surface area contributed by atoms with Crippen LogP contribution in [0.15, 0.2) is 73.2 Å². The second-order valence-electron chi connectivity index (χ2n) is 5.85. The fourth-order valence-corrected chi connectivity index (χ4v) is 3.12. The van der Waals surface area contributed by atoms with Crippen LogP contribution in [0.1, 0.15) is 11.1 Å². The van der Waals surface area contributed by atoms with Crippen LogP contribution in [0.25, 0.3) is 16.8 Å². The molecule has 0 bridgehead atoms. The second-order valence-corrected chi connectivity index (χ2v) is 6.29. The Morgan fingerprint density at radius 1 is 1.00 bits per heavy atom. The summed E-state index contributed by atoms with van der Waals surface area (Å²) in [4.78, 5) is 4.49. The molecule has 0 spiro atoms. The molecule has 3 nitrogen and oxygen atoms in total. The van der Waals surface area contributed by atoms with Crippen LogP contribution in [0.3, 0.4) is 0 Å². The molecule has 0 unspecified atom stereocenters. The van der Waals surface area contributed by atoms with E-state index in [1.54, 1.807) is 0 Å². The van der Waals surface area contributed by atoms with E-state index in [0.717, 1.165) is 33.9 Å². The quantitative estimate of drug-likeness (QED) is 0.546. The summed E-state index contributed by atoms with van der Waals surface area (Å²) >= 11 is 6.17. The Bertz CT molecular complexity index is 1000. The Hall–Kier alpha value is -2.78. The smallest absolute Gasteiger partial charge is 0.144 e. The number of nitrogen functional groups attached to an aromatic ring is 1. The molecule has 24 heavy (non-hydrogen) atoms. The fraction of sp³-hybridized carbons (Fsp3) is 0.0500. The first-order valence-corrected chi connectivity index (χ1v) is 8.13. The first kappa shape index (κ1) is 14.8. The van der Waals surface area contributed by atoms with E-state index in [1.165, 1.54) is 11.1 Å². The fourth-order valence-electron chi connectivity index (χ4n) is 2.93. The van der Waals surface area contributed by atoms with Gasteiger partial charge in [-0.15, -0.1) is 0 Å². The average molecular weight is 334 g/mol. The van der Waals surface area contributed by atoms with Crippen molar-refractivity contribution in [1.29, 1.82) is 0 Å². The van der Waals surface area contributed by atoms with Crippen molar-refractivity contribution in [2.75, 3.05) is 5.73 Å². The molecule has 0 radical (unpaired) electrons. The van der Waals surface area contributed by atoms with Crippen LogP contribution in [0.2, 0.25) is 5.02 Å². The number of aromatic nitrogens is 2. The number of fused-ring (bicyclic) bond motifs is 1. The van der Waals surface area contributed by atoms with Crippen LogP contribution >= 0.6 is 11.6 Å². The molecule has 4 heteroatoms. The molecule has 4 rings (SSSR count). The van der Waals surface area contributed by atoms with Crippen molar-refractivity contribution >= 4 is 22.9 Å². The summed E-state index contributed by atoms with van der Waals surface area (Å²) in [5.74, 6) is 0. The topological polar surface area (TPSA) is 43.3 Å². The number of pyridine rings is 1. The number of hydrogen-bond acceptors (Lipinski definition) is 2. The number of halogens is 1. The largest absolute Gasteiger partial charge is 0.399 e. The van der Waals surface area contributed by atoms with E-state index in [2.05, 4.69) is 39.8 Å². The van der Waals surface area contributed by atoms with Crippen LogP contribution < -0.4 is 5.73 Å². The number of anilines is 1. The van der Waals surface area contributed by atoms with Gasteiger partial charge in [-0.3, -0.25) is 0 Å². The molecule has 0 fully saturated rings. The molecule has 0 aliphatic heterocycles. The van der Waals surface area contributed by atoms with Crippen molar-refractivity contribution in [1.82, 2.24) is 9.38 Å². The van der Waals surface area contributed by atoms with Gasteiger partial charge < -0.3 is 10.1 Å². The van der Waals surface area contributed by atoms with Crippen molar-refractivity contribution in [2.45, 2.75) is 6.42 Å². The number of rotatable bonds is 3. The highest BCUT2D eigenvalue weighted by molar-refractivity contribution is 6.30. The minimum absolute atomic E-state index is 0.723. The van der Waals surface area contributed by atoms with E-state index in [0.29, 0.717) is 0 Å². The molecule has 0 aliphatic carbocycles. The molecule has 0 saturated heterocycles. The number of benzene rings is 2. The third-order valence-electron chi connectivity index (χ3n) is 4.07. The summed E-state index contributed by atoms with van der Waals surface area (Å²) in [5.41, 5.74) is 12.1. The molecular weight excluding hydrogens is 318 g/mol. The van der Waals surface area contributed by atoms with Gasteiger partial charge in [-0.25, -0.2) is 4.98 Å². The standard InChI is InChI=1S/C20H16ClN3/c21-17-3-1-2-16(12-17)19-11-15(13-24-9-8-23-20(19)24)10-14-4-6-18(22)7-5-14/h1-9,11-13H,10,22H2. The number of imidazole rings is 1. The molecule has 0 amide bonds. The zero-order chi connectivity index (χ0) is 16.5. The Morgan fingerprint density at radius 2 is 1.83 bits per heavy atom. The first-order chi connectivity index (χ1) is 11.7. The second kappa shape index (κ2) is 6.02. The molecule has 4 aromatic rings. The van der Waals surface area contributed by atoms with Gasteiger partial charge in [0.25, 0.3) is 0 Å². The zero-order valence-electron chi connectivity index (χ0n) is 13.0. The van der Waals surface area contributed by atoms with Crippen LogP contribution in [0.4, 0.5) is 5.69 Å². The van der Waals surface area contributed by atoms with E-state index in [-0.39, 0.29) is 0 Å². The average Bonchev–Trinajstić information content (AvgIpc) is 3.05. The maximum Gasteiger partial charge on any atom is 0.144 e. The Morgan fingerprint density at radius 3 is 2.62 bits per heavy atom. The molecule has 118 valence electrons. The summed E-state index contributed by atoms with van der Waals surface area (Å²) in [6.45, 7) is 0. The van der Waals surface area contributed by atoms with Crippen molar-refractivity contribution in [3.8, 4) is 11.1 Å². The third-order valence-corrected chi connectivity index (χ3v) is 4.30. The van der Waals surface area contributed by atoms with Gasteiger partial charge in [0.2, 0.25) is 0 Å². The minimum Gasteiger partial charge on any atom is -0.399 e. The lowest BCUT2D eigenvalue weighted by atomic mass is 10.0. The van der Waals surface area contributed by atoms with Gasteiger partial charge in [0, 0.05) is 34.9 Å². The van der Waals surface area contributed by atoms with E-state index < -0.39 is 0 Å². The summed E-state index contributed by atoms with van der Waals surface area (Å²) in [5, 5.41) is 0.723. The van der Waals surface area contributed by atoms with Crippen molar-refractivity contribution in [3.05, 3.63) is 89.3 Å². The van der Waals surface area contributed by atoms with Gasteiger partial charge >= 0.3 is 0 Å². The van der Waals surface area contributed by atoms with E-state index in [4.69, 9.17) is 17.3 Å². The van der Waals surface area contributed by atoms with Gasteiger partial charge in [-0.05, 0) is 53.4 Å². The molecule has 0 aliphatic rings. The van der Waals surface area contributed by atoms with Crippen LogP contribution in [-0.2, 0) is 6.42 Å². The molecular formula is C20H16ClN3. The normalized spacial score (nSPS) is 11.0. The molecule has 0 atom stereocenters. The predicted molar refractivity (Wildman–Crippen MR) is 99.3 cm³/mol. The van der Waals surface area contributed by atoms with Crippen LogP contribution in [0.5, 0.6) is 0 Å². The van der Waals surface area contributed by atoms with E-state index >= 15 is 0 Å². The zero-order valence-corrected chi connectivity index (χ0v) is 13.7. The predicted octanol–water partition coefficient (Wildman–Crippen LogP) is 4.83.